The monoisotopic (exact) mass is 336 g/mol. The number of carbonyl (C=O) groups excluding carboxylic acids is 1. The summed E-state index contributed by atoms with van der Waals surface area (Å²) in [6.45, 7) is 2.30. The zero-order valence-electron chi connectivity index (χ0n) is 13.4. The van der Waals surface area contributed by atoms with Gasteiger partial charge in [-0.3, -0.25) is 4.79 Å². The normalized spacial score (nSPS) is 10.4. The summed E-state index contributed by atoms with van der Waals surface area (Å²) < 4.78 is 10.5. The second kappa shape index (κ2) is 7.94. The summed E-state index contributed by atoms with van der Waals surface area (Å²) in [5.74, 6) is 1.10. The van der Waals surface area contributed by atoms with E-state index in [1.807, 2.05) is 25.1 Å². The van der Waals surface area contributed by atoms with E-state index in [1.54, 1.807) is 14.2 Å². The van der Waals surface area contributed by atoms with Crippen LogP contribution >= 0.6 is 11.3 Å². The van der Waals surface area contributed by atoms with Crippen LogP contribution in [0.25, 0.3) is 10.6 Å². The molecule has 0 aliphatic heterocycles. The highest BCUT2D eigenvalue weighted by Gasteiger charge is 2.17. The minimum atomic E-state index is -0.167. The van der Waals surface area contributed by atoms with Gasteiger partial charge in [0.15, 0.2) is 11.5 Å². The van der Waals surface area contributed by atoms with Crippen molar-refractivity contribution in [2.75, 3.05) is 27.4 Å². The van der Waals surface area contributed by atoms with Gasteiger partial charge in [-0.2, -0.15) is 0 Å². The summed E-state index contributed by atoms with van der Waals surface area (Å²) >= 11 is 1.33. The van der Waals surface area contributed by atoms with E-state index in [2.05, 4.69) is 10.3 Å². The molecule has 6 nitrogen and oxygen atoms in total. The van der Waals surface area contributed by atoms with Crippen LogP contribution in [0.4, 0.5) is 0 Å². The summed E-state index contributed by atoms with van der Waals surface area (Å²) in [4.78, 5) is 17.2. The van der Waals surface area contributed by atoms with Crippen molar-refractivity contribution in [3.8, 4) is 22.1 Å². The minimum Gasteiger partial charge on any atom is -0.493 e. The average molecular weight is 336 g/mol. The van der Waals surface area contributed by atoms with Gasteiger partial charge in [-0.05, 0) is 31.5 Å². The van der Waals surface area contributed by atoms with Crippen LogP contribution in [-0.4, -0.2) is 43.4 Å². The number of rotatable bonds is 7. The Morgan fingerprint density at radius 1 is 1.30 bits per heavy atom. The fourth-order valence-corrected chi connectivity index (χ4v) is 3.04. The Morgan fingerprint density at radius 3 is 2.70 bits per heavy atom. The number of aliphatic hydroxyl groups is 1. The van der Waals surface area contributed by atoms with Crippen molar-refractivity contribution in [3.05, 3.63) is 28.8 Å². The molecule has 0 saturated carbocycles. The lowest BCUT2D eigenvalue weighted by Crippen LogP contribution is -2.24. The summed E-state index contributed by atoms with van der Waals surface area (Å²) in [6, 6.07) is 5.53. The predicted octanol–water partition coefficient (Wildman–Crippen LogP) is 2.25. The lowest BCUT2D eigenvalue weighted by molar-refractivity contribution is 0.0954. The molecule has 0 unspecified atom stereocenters. The first-order valence-corrected chi connectivity index (χ1v) is 8.01. The molecule has 7 heteroatoms. The molecule has 0 radical (unpaired) electrons. The Morgan fingerprint density at radius 2 is 2.04 bits per heavy atom. The van der Waals surface area contributed by atoms with E-state index in [1.165, 1.54) is 11.3 Å². The third kappa shape index (κ3) is 4.00. The van der Waals surface area contributed by atoms with Gasteiger partial charge in [0, 0.05) is 18.7 Å². The third-order valence-corrected chi connectivity index (χ3v) is 4.46. The topological polar surface area (TPSA) is 80.7 Å². The number of benzene rings is 1. The number of hydrogen-bond acceptors (Lipinski definition) is 6. The van der Waals surface area contributed by atoms with E-state index < -0.39 is 0 Å². The first-order valence-electron chi connectivity index (χ1n) is 7.19. The summed E-state index contributed by atoms with van der Waals surface area (Å²) in [5.41, 5.74) is 1.55. The molecule has 1 aromatic heterocycles. The van der Waals surface area contributed by atoms with Gasteiger partial charge in [0.05, 0.1) is 19.9 Å². The van der Waals surface area contributed by atoms with Crippen molar-refractivity contribution in [2.24, 2.45) is 0 Å². The zero-order valence-corrected chi connectivity index (χ0v) is 14.2. The van der Waals surface area contributed by atoms with Crippen LogP contribution < -0.4 is 14.8 Å². The number of carbonyl (C=O) groups is 1. The molecule has 23 heavy (non-hydrogen) atoms. The standard InChI is InChI=1S/C16H20N2O4S/c1-10-14(15(20)17-7-4-8-19)23-16(18-10)11-5-6-12(21-2)13(9-11)22-3/h5-6,9,19H,4,7-8H2,1-3H3,(H,17,20). The Kier molecular flexibility index (Phi) is 5.95. The van der Waals surface area contributed by atoms with Crippen LogP contribution in [0, 0.1) is 6.92 Å². The lowest BCUT2D eigenvalue weighted by atomic mass is 10.2. The van der Waals surface area contributed by atoms with Crippen molar-refractivity contribution >= 4 is 17.2 Å². The molecule has 1 aromatic carbocycles. The van der Waals surface area contributed by atoms with E-state index in [-0.39, 0.29) is 12.5 Å². The maximum Gasteiger partial charge on any atom is 0.263 e. The molecule has 2 aromatic rings. The molecule has 0 fully saturated rings. The number of hydrogen-bond donors (Lipinski definition) is 2. The van der Waals surface area contributed by atoms with E-state index in [4.69, 9.17) is 14.6 Å². The van der Waals surface area contributed by atoms with Gasteiger partial charge in [0.25, 0.3) is 5.91 Å². The highest BCUT2D eigenvalue weighted by molar-refractivity contribution is 7.17. The van der Waals surface area contributed by atoms with Crippen LogP contribution in [-0.2, 0) is 0 Å². The van der Waals surface area contributed by atoms with Crippen LogP contribution in [0.3, 0.4) is 0 Å². The molecule has 2 N–H and O–H groups in total. The molecule has 2 rings (SSSR count). The van der Waals surface area contributed by atoms with Crippen molar-refractivity contribution in [1.29, 1.82) is 0 Å². The molecular formula is C16H20N2O4S. The minimum absolute atomic E-state index is 0.0544. The Balaban J connectivity index is 2.25. The molecule has 0 spiro atoms. The quantitative estimate of drug-likeness (QED) is 0.758. The number of thiazole rings is 1. The Bertz CT molecular complexity index is 685. The van der Waals surface area contributed by atoms with Gasteiger partial charge in [-0.1, -0.05) is 0 Å². The summed E-state index contributed by atoms with van der Waals surface area (Å²) in [5, 5.41) is 12.3. The fourth-order valence-electron chi connectivity index (χ4n) is 2.06. The first-order chi connectivity index (χ1) is 11.1. The van der Waals surface area contributed by atoms with Crippen molar-refractivity contribution < 1.29 is 19.4 Å². The van der Waals surface area contributed by atoms with Gasteiger partial charge < -0.3 is 19.9 Å². The average Bonchev–Trinajstić information content (AvgIpc) is 2.96. The molecule has 0 saturated heterocycles. The second-order valence-corrected chi connectivity index (χ2v) is 5.84. The number of aromatic nitrogens is 1. The summed E-state index contributed by atoms with van der Waals surface area (Å²) in [7, 11) is 3.16. The maximum atomic E-state index is 12.1. The highest BCUT2D eigenvalue weighted by atomic mass is 32.1. The molecule has 0 aliphatic carbocycles. The number of amides is 1. The Labute approximate surface area is 139 Å². The van der Waals surface area contributed by atoms with E-state index in [0.717, 1.165) is 10.6 Å². The molecule has 1 heterocycles. The number of ether oxygens (including phenoxy) is 2. The van der Waals surface area contributed by atoms with Crippen LogP contribution in [0.2, 0.25) is 0 Å². The third-order valence-electron chi connectivity index (χ3n) is 3.25. The second-order valence-electron chi connectivity index (χ2n) is 4.84. The summed E-state index contributed by atoms with van der Waals surface area (Å²) in [6.07, 6.45) is 0.534. The highest BCUT2D eigenvalue weighted by Crippen LogP contribution is 2.34. The number of aliphatic hydroxyl groups excluding tert-OH is 1. The molecule has 0 atom stereocenters. The number of nitrogens with one attached hydrogen (secondary N) is 1. The van der Waals surface area contributed by atoms with Crippen molar-refractivity contribution in [3.63, 3.8) is 0 Å². The van der Waals surface area contributed by atoms with Crippen molar-refractivity contribution in [2.45, 2.75) is 13.3 Å². The van der Waals surface area contributed by atoms with Crippen LogP contribution in [0.5, 0.6) is 11.5 Å². The van der Waals surface area contributed by atoms with Gasteiger partial charge >= 0.3 is 0 Å². The first kappa shape index (κ1) is 17.2. The van der Waals surface area contributed by atoms with Gasteiger partial charge in [0.2, 0.25) is 0 Å². The van der Waals surface area contributed by atoms with Crippen molar-refractivity contribution in [1.82, 2.24) is 10.3 Å². The molecule has 0 bridgehead atoms. The zero-order chi connectivity index (χ0) is 16.8. The molecule has 1 amide bonds. The maximum absolute atomic E-state index is 12.1. The fraction of sp³-hybridized carbons (Fsp3) is 0.375. The van der Waals surface area contributed by atoms with E-state index in [0.29, 0.717) is 35.0 Å². The largest absolute Gasteiger partial charge is 0.493 e. The number of methoxy groups -OCH3 is 2. The van der Waals surface area contributed by atoms with Gasteiger partial charge in [-0.15, -0.1) is 11.3 Å². The van der Waals surface area contributed by atoms with Gasteiger partial charge in [-0.25, -0.2) is 4.98 Å². The van der Waals surface area contributed by atoms with Gasteiger partial charge in [0.1, 0.15) is 9.88 Å². The molecule has 0 aliphatic rings. The lowest BCUT2D eigenvalue weighted by Gasteiger charge is -2.08. The number of aryl methyl sites for hydroxylation is 1. The van der Waals surface area contributed by atoms with E-state index >= 15 is 0 Å². The smallest absolute Gasteiger partial charge is 0.263 e. The van der Waals surface area contributed by atoms with E-state index in [9.17, 15) is 4.79 Å². The predicted molar refractivity (Wildman–Crippen MR) is 89.4 cm³/mol. The number of nitrogens with zero attached hydrogens (tertiary/aromatic N) is 1. The van der Waals surface area contributed by atoms with Crippen LogP contribution in [0.1, 0.15) is 21.8 Å². The molecular weight excluding hydrogens is 316 g/mol. The SMILES string of the molecule is COc1ccc(-c2nc(C)c(C(=O)NCCCO)s2)cc1OC. The van der Waals surface area contributed by atoms with Crippen LogP contribution in [0.15, 0.2) is 18.2 Å². The Hall–Kier alpha value is -2.12. The molecule has 124 valence electrons.